The Labute approximate surface area is 99.2 Å². The fourth-order valence-corrected chi connectivity index (χ4v) is 1.37. The summed E-state index contributed by atoms with van der Waals surface area (Å²) < 4.78 is 26.1. The maximum Gasteiger partial charge on any atom is 0.328 e. The molecule has 0 aromatic rings. The molecule has 0 aromatic carbocycles. The molecule has 8 nitrogen and oxygen atoms in total. The molecule has 9 heteroatoms. The third kappa shape index (κ3) is 8.46. The lowest BCUT2D eigenvalue weighted by molar-refractivity contribution is -0.140. The van der Waals surface area contributed by atoms with Gasteiger partial charge in [-0.15, -0.1) is 0 Å². The number of hydrogen-bond acceptors (Lipinski definition) is 5. The van der Waals surface area contributed by atoms with Gasteiger partial charge in [0.05, 0.1) is 12.4 Å². The molecule has 2 amide bonds. The van der Waals surface area contributed by atoms with E-state index in [1.54, 1.807) is 0 Å². The third-order valence-corrected chi connectivity index (χ3v) is 2.64. The second kappa shape index (κ2) is 7.07. The molecule has 0 radical (unpaired) electrons. The van der Waals surface area contributed by atoms with Gasteiger partial charge in [0.1, 0.15) is 9.84 Å². The van der Waals surface area contributed by atoms with Crippen LogP contribution in [0.2, 0.25) is 0 Å². The van der Waals surface area contributed by atoms with Crippen LogP contribution in [0.1, 0.15) is 0 Å². The van der Waals surface area contributed by atoms with Crippen LogP contribution in [0.25, 0.3) is 0 Å². The number of rotatable bonds is 7. The topological polar surface area (TPSA) is 122 Å². The fraction of sp³-hybridized carbons (Fsp3) is 0.750. The molecule has 0 spiro atoms. The summed E-state index contributed by atoms with van der Waals surface area (Å²) >= 11 is 0. The van der Waals surface area contributed by atoms with Crippen molar-refractivity contribution >= 4 is 21.8 Å². The van der Waals surface area contributed by atoms with Crippen molar-refractivity contribution in [3.05, 3.63) is 0 Å². The number of sulfone groups is 1. The number of carbonyl (C=O) groups excluding carboxylic acids is 1. The molecule has 0 aliphatic heterocycles. The van der Waals surface area contributed by atoms with Gasteiger partial charge >= 0.3 is 12.0 Å². The van der Waals surface area contributed by atoms with E-state index < -0.39 is 27.9 Å². The number of aliphatic carboxylic acids is 1. The van der Waals surface area contributed by atoms with Crippen LogP contribution in [0.4, 0.5) is 4.79 Å². The van der Waals surface area contributed by atoms with Crippen LogP contribution in [0.5, 0.6) is 0 Å². The largest absolute Gasteiger partial charge is 0.480 e. The first-order valence-corrected chi connectivity index (χ1v) is 6.76. The number of urea groups is 1. The van der Waals surface area contributed by atoms with Gasteiger partial charge in [0.25, 0.3) is 0 Å². The smallest absolute Gasteiger partial charge is 0.328 e. The number of nitrogens with one attached hydrogen (secondary N) is 2. The maximum atomic E-state index is 11.2. The second-order valence-electron chi connectivity index (χ2n) is 3.38. The van der Waals surface area contributed by atoms with Gasteiger partial charge in [-0.05, 0) is 0 Å². The van der Waals surface area contributed by atoms with Crippen molar-refractivity contribution in [1.29, 1.82) is 0 Å². The van der Waals surface area contributed by atoms with Gasteiger partial charge in [-0.2, -0.15) is 0 Å². The molecule has 0 rings (SSSR count). The maximum absolute atomic E-state index is 11.2. The molecule has 17 heavy (non-hydrogen) atoms. The quantitative estimate of drug-likeness (QED) is 0.513. The predicted octanol–water partition coefficient (Wildman–Crippen LogP) is -1.57. The fourth-order valence-electron chi connectivity index (χ4n) is 0.901. The Morgan fingerprint density at radius 1 is 1.41 bits per heavy atom. The SMILES string of the molecule is COCC(NC(=O)NCCS(C)(=O)=O)C(=O)O. The van der Waals surface area contributed by atoms with Gasteiger partial charge < -0.3 is 20.5 Å². The van der Waals surface area contributed by atoms with Crippen LogP contribution in [0, 0.1) is 0 Å². The van der Waals surface area contributed by atoms with E-state index in [2.05, 4.69) is 15.4 Å². The molecule has 0 saturated carbocycles. The van der Waals surface area contributed by atoms with Crippen molar-refractivity contribution < 1.29 is 27.9 Å². The highest BCUT2D eigenvalue weighted by molar-refractivity contribution is 7.90. The number of carbonyl (C=O) groups is 2. The molecule has 100 valence electrons. The van der Waals surface area contributed by atoms with Crippen LogP contribution >= 0.6 is 0 Å². The molecular formula is C8H16N2O6S. The van der Waals surface area contributed by atoms with E-state index in [4.69, 9.17) is 5.11 Å². The lowest BCUT2D eigenvalue weighted by Gasteiger charge is -2.13. The lowest BCUT2D eigenvalue weighted by Crippen LogP contribution is -2.48. The van der Waals surface area contributed by atoms with Crippen LogP contribution in [0.15, 0.2) is 0 Å². The van der Waals surface area contributed by atoms with E-state index >= 15 is 0 Å². The standard InChI is InChI=1S/C8H16N2O6S/c1-16-5-6(7(11)12)10-8(13)9-3-4-17(2,14)15/h6H,3-5H2,1-2H3,(H,11,12)(H2,9,10,13). The number of carboxylic acids is 1. The Morgan fingerprint density at radius 2 is 2.00 bits per heavy atom. The van der Waals surface area contributed by atoms with E-state index in [0.717, 1.165) is 6.26 Å². The lowest BCUT2D eigenvalue weighted by atomic mass is 10.3. The molecular weight excluding hydrogens is 252 g/mol. The summed E-state index contributed by atoms with van der Waals surface area (Å²) in [6, 6.07) is -1.92. The summed E-state index contributed by atoms with van der Waals surface area (Å²) in [4.78, 5) is 21.8. The first-order chi connectivity index (χ1) is 7.76. The zero-order chi connectivity index (χ0) is 13.5. The van der Waals surface area contributed by atoms with E-state index in [0.29, 0.717) is 0 Å². The van der Waals surface area contributed by atoms with E-state index in [1.165, 1.54) is 7.11 Å². The Hall–Kier alpha value is -1.35. The van der Waals surface area contributed by atoms with Crippen molar-refractivity contribution in [2.45, 2.75) is 6.04 Å². The monoisotopic (exact) mass is 268 g/mol. The molecule has 0 aliphatic rings. The van der Waals surface area contributed by atoms with Crippen molar-refractivity contribution in [3.8, 4) is 0 Å². The highest BCUT2D eigenvalue weighted by Crippen LogP contribution is 1.86. The summed E-state index contributed by atoms with van der Waals surface area (Å²) in [6.45, 7) is -0.251. The number of methoxy groups -OCH3 is 1. The number of carboxylic acid groups (broad SMARTS) is 1. The van der Waals surface area contributed by atoms with Gasteiger partial charge in [-0.1, -0.05) is 0 Å². The molecule has 3 N–H and O–H groups in total. The Kier molecular flexibility index (Phi) is 6.51. The van der Waals surface area contributed by atoms with Gasteiger partial charge in [0.2, 0.25) is 0 Å². The van der Waals surface area contributed by atoms with Gasteiger partial charge in [0, 0.05) is 19.9 Å². The average molecular weight is 268 g/mol. The molecule has 0 aromatic heterocycles. The minimum absolute atomic E-state index is 0.0794. The van der Waals surface area contributed by atoms with Gasteiger partial charge in [-0.25, -0.2) is 18.0 Å². The molecule has 0 aliphatic carbocycles. The molecule has 0 heterocycles. The first-order valence-electron chi connectivity index (χ1n) is 4.70. The van der Waals surface area contributed by atoms with Crippen LogP contribution < -0.4 is 10.6 Å². The van der Waals surface area contributed by atoms with Crippen LogP contribution in [-0.4, -0.2) is 63.8 Å². The summed E-state index contributed by atoms with van der Waals surface area (Å²) in [5.74, 6) is -1.44. The Balaban J connectivity index is 4.03. The summed E-state index contributed by atoms with van der Waals surface area (Å²) in [5.41, 5.74) is 0. The van der Waals surface area contributed by atoms with E-state index in [9.17, 15) is 18.0 Å². The Bertz CT molecular complexity index is 366. The minimum Gasteiger partial charge on any atom is -0.480 e. The zero-order valence-electron chi connectivity index (χ0n) is 9.60. The van der Waals surface area contributed by atoms with Crippen LogP contribution in [-0.2, 0) is 19.4 Å². The third-order valence-electron chi connectivity index (χ3n) is 1.70. The molecule has 0 bridgehead atoms. The highest BCUT2D eigenvalue weighted by atomic mass is 32.2. The first kappa shape index (κ1) is 15.7. The zero-order valence-corrected chi connectivity index (χ0v) is 10.4. The number of hydrogen-bond donors (Lipinski definition) is 3. The van der Waals surface area contributed by atoms with Crippen LogP contribution in [0.3, 0.4) is 0 Å². The second-order valence-corrected chi connectivity index (χ2v) is 5.64. The molecule has 0 fully saturated rings. The van der Waals surface area contributed by atoms with Crippen molar-refractivity contribution in [2.75, 3.05) is 32.3 Å². The minimum atomic E-state index is -3.16. The summed E-state index contributed by atoms with van der Waals surface area (Å²) in [6.07, 6.45) is 1.04. The molecule has 1 atom stereocenters. The Morgan fingerprint density at radius 3 is 2.41 bits per heavy atom. The van der Waals surface area contributed by atoms with Gasteiger partial charge in [0.15, 0.2) is 6.04 Å². The van der Waals surface area contributed by atoms with Crippen molar-refractivity contribution in [1.82, 2.24) is 10.6 Å². The van der Waals surface area contributed by atoms with Gasteiger partial charge in [-0.3, -0.25) is 0 Å². The summed E-state index contributed by atoms with van der Waals surface area (Å²) in [5, 5.41) is 13.1. The normalized spacial score (nSPS) is 12.8. The van der Waals surface area contributed by atoms with Crippen molar-refractivity contribution in [2.24, 2.45) is 0 Å². The highest BCUT2D eigenvalue weighted by Gasteiger charge is 2.19. The average Bonchev–Trinajstić information content (AvgIpc) is 2.14. The number of amides is 2. The molecule has 0 saturated heterocycles. The number of ether oxygens (including phenoxy) is 1. The van der Waals surface area contributed by atoms with E-state index in [1.807, 2.05) is 0 Å². The summed E-state index contributed by atoms with van der Waals surface area (Å²) in [7, 11) is -1.85. The van der Waals surface area contributed by atoms with E-state index in [-0.39, 0.29) is 18.9 Å². The predicted molar refractivity (Wildman–Crippen MR) is 59.5 cm³/mol. The molecule has 1 unspecified atom stereocenters. The van der Waals surface area contributed by atoms with Crippen molar-refractivity contribution in [3.63, 3.8) is 0 Å².